The van der Waals surface area contributed by atoms with Gasteiger partial charge in [-0.1, -0.05) is 96.6 Å². The SMILES string of the molecule is Cc1cc(C)c(-c2ccnn2-c2ccc3c(c2)-c2ccccc2C32c3ccccc3-c3ccccc32)c(C)c1. The van der Waals surface area contributed by atoms with Crippen molar-refractivity contribution < 1.29 is 0 Å². The molecule has 0 bridgehead atoms. The van der Waals surface area contributed by atoms with Gasteiger partial charge in [-0.3, -0.25) is 0 Å². The molecule has 1 heterocycles. The minimum Gasteiger partial charge on any atom is -0.233 e. The second kappa shape index (κ2) is 7.91. The first-order valence-electron chi connectivity index (χ1n) is 13.7. The first-order chi connectivity index (χ1) is 19.1. The minimum absolute atomic E-state index is 0.311. The number of benzene rings is 5. The first-order valence-corrected chi connectivity index (χ1v) is 13.7. The zero-order chi connectivity index (χ0) is 26.3. The number of aryl methyl sites for hydroxylation is 3. The molecule has 0 aliphatic heterocycles. The van der Waals surface area contributed by atoms with Crippen molar-refractivity contribution in [2.75, 3.05) is 0 Å². The quantitative estimate of drug-likeness (QED) is 0.232. The average Bonchev–Trinajstić information content (AvgIpc) is 3.62. The number of nitrogens with zero attached hydrogens (tertiary/aromatic N) is 2. The van der Waals surface area contributed by atoms with Crippen molar-refractivity contribution in [2.45, 2.75) is 26.2 Å². The molecule has 8 rings (SSSR count). The molecule has 0 radical (unpaired) electrons. The van der Waals surface area contributed by atoms with Crippen LogP contribution in [0.4, 0.5) is 0 Å². The van der Waals surface area contributed by atoms with E-state index in [1.165, 1.54) is 66.8 Å². The Kier molecular flexibility index (Phi) is 4.52. The van der Waals surface area contributed by atoms with Gasteiger partial charge in [-0.05, 0) is 94.6 Å². The molecule has 5 aromatic carbocycles. The maximum atomic E-state index is 4.83. The van der Waals surface area contributed by atoms with Crippen LogP contribution in [0, 0.1) is 20.8 Å². The Hall–Kier alpha value is -4.69. The Bertz CT molecular complexity index is 1890. The lowest BCUT2D eigenvalue weighted by Gasteiger charge is -2.30. The Morgan fingerprint density at radius 3 is 1.64 bits per heavy atom. The largest absolute Gasteiger partial charge is 0.233 e. The van der Waals surface area contributed by atoms with Crippen LogP contribution in [-0.4, -0.2) is 9.78 Å². The van der Waals surface area contributed by atoms with Crippen molar-refractivity contribution >= 4 is 0 Å². The van der Waals surface area contributed by atoms with E-state index in [0.717, 1.165) is 11.4 Å². The van der Waals surface area contributed by atoms with E-state index in [4.69, 9.17) is 5.10 Å². The van der Waals surface area contributed by atoms with Crippen molar-refractivity contribution in [1.29, 1.82) is 0 Å². The fourth-order valence-electron chi connectivity index (χ4n) is 7.50. The maximum Gasteiger partial charge on any atom is 0.0746 e. The first kappa shape index (κ1) is 22.3. The fourth-order valence-corrected chi connectivity index (χ4v) is 7.50. The van der Waals surface area contributed by atoms with Gasteiger partial charge < -0.3 is 0 Å². The van der Waals surface area contributed by atoms with Crippen molar-refractivity contribution in [3.63, 3.8) is 0 Å². The van der Waals surface area contributed by atoms with Crippen LogP contribution in [0.3, 0.4) is 0 Å². The molecule has 1 spiro atoms. The molecule has 2 heteroatoms. The topological polar surface area (TPSA) is 17.8 Å². The van der Waals surface area contributed by atoms with Crippen LogP contribution in [0.5, 0.6) is 0 Å². The highest BCUT2D eigenvalue weighted by molar-refractivity contribution is 5.95. The minimum atomic E-state index is -0.311. The summed E-state index contributed by atoms with van der Waals surface area (Å²) in [4.78, 5) is 0. The Morgan fingerprint density at radius 2 is 1.05 bits per heavy atom. The highest BCUT2D eigenvalue weighted by Gasteiger charge is 2.51. The van der Waals surface area contributed by atoms with E-state index >= 15 is 0 Å². The zero-order valence-corrected chi connectivity index (χ0v) is 22.4. The van der Waals surface area contributed by atoms with Crippen molar-refractivity contribution in [3.05, 3.63) is 154 Å². The Morgan fingerprint density at radius 1 is 0.538 bits per heavy atom. The molecule has 2 aliphatic rings. The summed E-state index contributed by atoms with van der Waals surface area (Å²) >= 11 is 0. The van der Waals surface area contributed by atoms with E-state index in [1.807, 2.05) is 6.20 Å². The number of hydrogen-bond acceptors (Lipinski definition) is 1. The number of aromatic nitrogens is 2. The van der Waals surface area contributed by atoms with Gasteiger partial charge in [0.1, 0.15) is 0 Å². The number of hydrogen-bond donors (Lipinski definition) is 0. The molecule has 2 aliphatic carbocycles. The van der Waals surface area contributed by atoms with Gasteiger partial charge in [-0.2, -0.15) is 5.10 Å². The number of fused-ring (bicyclic) bond motifs is 10. The smallest absolute Gasteiger partial charge is 0.0746 e. The van der Waals surface area contributed by atoms with E-state index in [9.17, 15) is 0 Å². The summed E-state index contributed by atoms with van der Waals surface area (Å²) in [5, 5.41) is 4.83. The van der Waals surface area contributed by atoms with Gasteiger partial charge in [0.2, 0.25) is 0 Å². The third kappa shape index (κ3) is 2.84. The highest BCUT2D eigenvalue weighted by atomic mass is 15.3. The van der Waals surface area contributed by atoms with Gasteiger partial charge in [-0.25, -0.2) is 4.68 Å². The summed E-state index contributed by atoms with van der Waals surface area (Å²) in [6, 6.07) is 40.5. The molecule has 0 amide bonds. The maximum absolute atomic E-state index is 4.83. The lowest BCUT2D eigenvalue weighted by atomic mass is 9.70. The van der Waals surface area contributed by atoms with Gasteiger partial charge in [0, 0.05) is 5.56 Å². The van der Waals surface area contributed by atoms with Crippen LogP contribution in [0.15, 0.2) is 115 Å². The van der Waals surface area contributed by atoms with Gasteiger partial charge in [-0.15, -0.1) is 0 Å². The predicted molar refractivity (Wildman–Crippen MR) is 160 cm³/mol. The Balaban J connectivity index is 1.40. The zero-order valence-electron chi connectivity index (χ0n) is 22.4. The van der Waals surface area contributed by atoms with Gasteiger partial charge in [0.25, 0.3) is 0 Å². The molecule has 0 N–H and O–H groups in total. The molecule has 2 nitrogen and oxygen atoms in total. The second-order valence-electron chi connectivity index (χ2n) is 11.0. The summed E-state index contributed by atoms with van der Waals surface area (Å²) in [5.74, 6) is 0. The summed E-state index contributed by atoms with van der Waals surface area (Å²) in [5.41, 5.74) is 17.7. The molecule has 0 unspecified atom stereocenters. The number of rotatable bonds is 2. The Labute approximate surface area is 229 Å². The molecule has 0 fully saturated rings. The lowest BCUT2D eigenvalue weighted by Crippen LogP contribution is -2.25. The third-order valence-electron chi connectivity index (χ3n) is 8.80. The van der Waals surface area contributed by atoms with E-state index in [1.54, 1.807) is 0 Å². The van der Waals surface area contributed by atoms with E-state index in [2.05, 4.69) is 135 Å². The normalized spacial score (nSPS) is 13.7. The summed E-state index contributed by atoms with van der Waals surface area (Å²) in [6.07, 6.45) is 1.92. The summed E-state index contributed by atoms with van der Waals surface area (Å²) in [7, 11) is 0. The molecule has 0 atom stereocenters. The van der Waals surface area contributed by atoms with Crippen LogP contribution < -0.4 is 0 Å². The van der Waals surface area contributed by atoms with Crippen LogP contribution in [0.25, 0.3) is 39.2 Å². The second-order valence-corrected chi connectivity index (χ2v) is 11.0. The lowest BCUT2D eigenvalue weighted by molar-refractivity contribution is 0.792. The standard InChI is InChI=1S/C37H28N2/c1-23-20-24(2)36(25(3)21-23)35-18-19-38-39(35)26-16-17-34-30(22-26)29-12-6-9-15-33(29)37(34)31-13-7-4-10-27(31)28-11-5-8-14-32(28)37/h4-22H,1-3H3. The molecule has 0 saturated carbocycles. The van der Waals surface area contributed by atoms with Gasteiger partial charge in [0.15, 0.2) is 0 Å². The van der Waals surface area contributed by atoms with Crippen LogP contribution >= 0.6 is 0 Å². The monoisotopic (exact) mass is 500 g/mol. The molecule has 0 saturated heterocycles. The van der Waals surface area contributed by atoms with Crippen LogP contribution in [-0.2, 0) is 5.41 Å². The molecule has 1 aromatic heterocycles. The molecular formula is C37H28N2. The molecule has 6 aromatic rings. The van der Waals surface area contributed by atoms with E-state index < -0.39 is 0 Å². The molecular weight excluding hydrogens is 472 g/mol. The van der Waals surface area contributed by atoms with E-state index in [0.29, 0.717) is 0 Å². The van der Waals surface area contributed by atoms with Crippen molar-refractivity contribution in [1.82, 2.24) is 9.78 Å². The van der Waals surface area contributed by atoms with Crippen LogP contribution in [0.2, 0.25) is 0 Å². The van der Waals surface area contributed by atoms with Gasteiger partial charge >= 0.3 is 0 Å². The predicted octanol–water partition coefficient (Wildman–Crippen LogP) is 8.81. The third-order valence-corrected chi connectivity index (χ3v) is 8.80. The van der Waals surface area contributed by atoms with E-state index in [-0.39, 0.29) is 5.41 Å². The van der Waals surface area contributed by atoms with Crippen molar-refractivity contribution in [3.8, 4) is 39.2 Å². The summed E-state index contributed by atoms with van der Waals surface area (Å²) in [6.45, 7) is 6.56. The summed E-state index contributed by atoms with van der Waals surface area (Å²) < 4.78 is 2.11. The fraction of sp³-hybridized carbons (Fsp3) is 0.108. The average molecular weight is 501 g/mol. The highest BCUT2D eigenvalue weighted by Crippen LogP contribution is 2.62. The van der Waals surface area contributed by atoms with Gasteiger partial charge in [0.05, 0.1) is 23.0 Å². The molecule has 39 heavy (non-hydrogen) atoms. The molecule has 186 valence electrons. The van der Waals surface area contributed by atoms with Crippen molar-refractivity contribution in [2.24, 2.45) is 0 Å². The van der Waals surface area contributed by atoms with Crippen LogP contribution in [0.1, 0.15) is 38.9 Å².